The molecule has 1 aromatic heterocycles. The lowest BCUT2D eigenvalue weighted by molar-refractivity contribution is 0.0958. The summed E-state index contributed by atoms with van der Waals surface area (Å²) in [4.78, 5) is 16.5. The van der Waals surface area contributed by atoms with Gasteiger partial charge in [0.1, 0.15) is 17.3 Å². The number of halogens is 2. The van der Waals surface area contributed by atoms with Gasteiger partial charge in [0, 0.05) is 5.56 Å². The highest BCUT2D eigenvalue weighted by atomic mass is 35.5. The Hall–Kier alpha value is -3.17. The molecule has 0 aliphatic heterocycles. The Kier molecular flexibility index (Phi) is 6.86. The standard InChI is InChI=1S/C20H18ClFN4O3S/c1-11-18(30-20(23)25-11)19(27)26-24-9-12-6-7-16(17(8-12)28-2)29-10-13-14(21)4-3-5-15(13)22/h3-9H,10H2,1-2H3,(H2,23,25)(H,26,27)/b24-9-. The minimum Gasteiger partial charge on any atom is -0.493 e. The number of rotatable bonds is 7. The molecule has 10 heteroatoms. The molecule has 0 saturated heterocycles. The molecule has 7 nitrogen and oxygen atoms in total. The van der Waals surface area contributed by atoms with E-state index in [1.165, 1.54) is 25.5 Å². The summed E-state index contributed by atoms with van der Waals surface area (Å²) in [5, 5.41) is 4.54. The van der Waals surface area contributed by atoms with Crippen molar-refractivity contribution in [3.63, 3.8) is 0 Å². The summed E-state index contributed by atoms with van der Waals surface area (Å²) >= 11 is 7.11. The van der Waals surface area contributed by atoms with Gasteiger partial charge in [0.15, 0.2) is 16.6 Å². The van der Waals surface area contributed by atoms with E-state index < -0.39 is 11.7 Å². The van der Waals surface area contributed by atoms with Crippen LogP contribution in [0.25, 0.3) is 0 Å². The Morgan fingerprint density at radius 1 is 1.37 bits per heavy atom. The van der Waals surface area contributed by atoms with Crippen LogP contribution in [0.5, 0.6) is 11.5 Å². The number of hydrogen-bond acceptors (Lipinski definition) is 7. The van der Waals surface area contributed by atoms with Crippen LogP contribution in [0, 0.1) is 12.7 Å². The van der Waals surface area contributed by atoms with Crippen LogP contribution >= 0.6 is 22.9 Å². The maximum absolute atomic E-state index is 13.9. The first-order valence-corrected chi connectivity index (χ1v) is 9.88. The largest absolute Gasteiger partial charge is 0.493 e. The zero-order chi connectivity index (χ0) is 21.7. The molecule has 2 aromatic carbocycles. The summed E-state index contributed by atoms with van der Waals surface area (Å²) in [6.45, 7) is 1.65. The van der Waals surface area contributed by atoms with Crippen molar-refractivity contribution in [3.05, 3.63) is 68.9 Å². The molecule has 1 heterocycles. The Labute approximate surface area is 181 Å². The molecule has 0 bridgehead atoms. The van der Waals surface area contributed by atoms with E-state index in [1.807, 2.05) is 0 Å². The minimum atomic E-state index is -0.445. The molecule has 0 spiro atoms. The van der Waals surface area contributed by atoms with Crippen LogP contribution in [0.1, 0.15) is 26.5 Å². The molecule has 0 saturated carbocycles. The van der Waals surface area contributed by atoms with E-state index in [9.17, 15) is 9.18 Å². The van der Waals surface area contributed by atoms with E-state index in [2.05, 4.69) is 15.5 Å². The van der Waals surface area contributed by atoms with Crippen LogP contribution in [0.4, 0.5) is 9.52 Å². The van der Waals surface area contributed by atoms with Crippen LogP contribution in [0.15, 0.2) is 41.5 Å². The maximum atomic E-state index is 13.9. The number of nitrogens with one attached hydrogen (secondary N) is 1. The van der Waals surface area contributed by atoms with Crippen molar-refractivity contribution in [3.8, 4) is 11.5 Å². The lowest BCUT2D eigenvalue weighted by Gasteiger charge is -2.12. The second-order valence-electron chi connectivity index (χ2n) is 6.06. The summed E-state index contributed by atoms with van der Waals surface area (Å²) in [5.41, 5.74) is 9.49. The van der Waals surface area contributed by atoms with Crippen molar-refractivity contribution in [2.24, 2.45) is 5.10 Å². The number of carbonyl (C=O) groups is 1. The number of ether oxygens (including phenoxy) is 2. The SMILES string of the molecule is COc1cc(/C=N\NC(=O)c2sc(N)nc2C)ccc1OCc1c(F)cccc1Cl. The molecule has 0 unspecified atom stereocenters. The fourth-order valence-electron chi connectivity index (χ4n) is 2.55. The molecule has 3 N–H and O–H groups in total. The van der Waals surface area contributed by atoms with Gasteiger partial charge in [-0.15, -0.1) is 0 Å². The molecule has 0 aliphatic carbocycles. The van der Waals surface area contributed by atoms with E-state index in [0.717, 1.165) is 11.3 Å². The van der Waals surface area contributed by atoms with Gasteiger partial charge in [0.05, 0.1) is 24.0 Å². The van der Waals surface area contributed by atoms with Crippen LogP contribution in [0.2, 0.25) is 5.02 Å². The number of carbonyl (C=O) groups excluding carboxylic acids is 1. The van der Waals surface area contributed by atoms with Crippen molar-refractivity contribution in [1.82, 2.24) is 10.4 Å². The molecule has 3 rings (SSSR count). The third-order valence-electron chi connectivity index (χ3n) is 4.02. The van der Waals surface area contributed by atoms with Crippen molar-refractivity contribution in [2.75, 3.05) is 12.8 Å². The highest BCUT2D eigenvalue weighted by molar-refractivity contribution is 7.17. The fraction of sp³-hybridized carbons (Fsp3) is 0.150. The average Bonchev–Trinajstić information content (AvgIpc) is 3.06. The number of nitrogen functional groups attached to an aromatic ring is 1. The van der Waals surface area contributed by atoms with E-state index >= 15 is 0 Å². The fourth-order valence-corrected chi connectivity index (χ4v) is 3.49. The quantitative estimate of drug-likeness (QED) is 0.417. The summed E-state index contributed by atoms with van der Waals surface area (Å²) in [6.07, 6.45) is 1.46. The summed E-state index contributed by atoms with van der Waals surface area (Å²) in [7, 11) is 1.48. The number of thiazole rings is 1. The number of benzene rings is 2. The normalized spacial score (nSPS) is 10.9. The Morgan fingerprint density at radius 3 is 2.83 bits per heavy atom. The molecule has 0 aliphatic rings. The highest BCUT2D eigenvalue weighted by Gasteiger charge is 2.13. The first kappa shape index (κ1) is 21.5. The van der Waals surface area contributed by atoms with Gasteiger partial charge >= 0.3 is 0 Å². The minimum absolute atomic E-state index is 0.0529. The van der Waals surface area contributed by atoms with Crippen molar-refractivity contribution in [1.29, 1.82) is 0 Å². The molecular weight excluding hydrogens is 431 g/mol. The highest BCUT2D eigenvalue weighted by Crippen LogP contribution is 2.29. The Morgan fingerprint density at radius 2 is 2.17 bits per heavy atom. The molecule has 0 fully saturated rings. The van der Waals surface area contributed by atoms with E-state index in [1.54, 1.807) is 31.2 Å². The number of aryl methyl sites for hydroxylation is 1. The Bertz CT molecular complexity index is 1080. The molecule has 30 heavy (non-hydrogen) atoms. The lowest BCUT2D eigenvalue weighted by Crippen LogP contribution is -2.17. The zero-order valence-corrected chi connectivity index (χ0v) is 17.7. The number of nitrogens with zero attached hydrogens (tertiary/aromatic N) is 2. The summed E-state index contributed by atoms with van der Waals surface area (Å²) in [5.74, 6) is -0.0110. The van der Waals surface area contributed by atoms with Crippen molar-refractivity contribution < 1.29 is 18.7 Å². The lowest BCUT2D eigenvalue weighted by atomic mass is 10.2. The topological polar surface area (TPSA) is 98.8 Å². The van der Waals surface area contributed by atoms with Crippen LogP contribution in [-0.4, -0.2) is 24.2 Å². The van der Waals surface area contributed by atoms with E-state index in [-0.39, 0.29) is 17.2 Å². The molecule has 1 amide bonds. The predicted octanol–water partition coefficient (Wildman–Crippen LogP) is 4.18. The van der Waals surface area contributed by atoms with Crippen LogP contribution in [0.3, 0.4) is 0 Å². The average molecular weight is 449 g/mol. The number of anilines is 1. The number of aromatic nitrogens is 1. The third-order valence-corrected chi connectivity index (χ3v) is 5.36. The van der Waals surface area contributed by atoms with Crippen molar-refractivity contribution >= 4 is 40.2 Å². The molecule has 3 aromatic rings. The number of amides is 1. The second kappa shape index (κ2) is 9.55. The van der Waals surface area contributed by atoms with Crippen LogP contribution in [-0.2, 0) is 6.61 Å². The Balaban J connectivity index is 1.67. The monoisotopic (exact) mass is 448 g/mol. The van der Waals surface area contributed by atoms with Gasteiger partial charge in [0.2, 0.25) is 0 Å². The summed E-state index contributed by atoms with van der Waals surface area (Å²) in [6, 6.07) is 9.48. The number of methoxy groups -OCH3 is 1. The van der Waals surface area contributed by atoms with Crippen molar-refractivity contribution in [2.45, 2.75) is 13.5 Å². The van der Waals surface area contributed by atoms with Gasteiger partial charge in [-0.25, -0.2) is 14.8 Å². The molecule has 0 atom stereocenters. The second-order valence-corrected chi connectivity index (χ2v) is 7.50. The van der Waals surface area contributed by atoms with Gasteiger partial charge < -0.3 is 15.2 Å². The smallest absolute Gasteiger partial charge is 0.283 e. The third kappa shape index (κ3) is 5.05. The maximum Gasteiger partial charge on any atom is 0.283 e. The van der Waals surface area contributed by atoms with E-state index in [0.29, 0.717) is 32.8 Å². The number of hydrogen-bond donors (Lipinski definition) is 2. The van der Waals surface area contributed by atoms with Gasteiger partial charge in [-0.1, -0.05) is 29.0 Å². The first-order chi connectivity index (χ1) is 14.4. The van der Waals surface area contributed by atoms with Gasteiger partial charge in [-0.3, -0.25) is 4.79 Å². The summed E-state index contributed by atoms with van der Waals surface area (Å²) < 4.78 is 24.9. The number of hydrazone groups is 1. The van der Waals surface area contributed by atoms with Gasteiger partial charge in [-0.05, 0) is 42.8 Å². The predicted molar refractivity (Wildman–Crippen MR) is 115 cm³/mol. The van der Waals surface area contributed by atoms with E-state index in [4.69, 9.17) is 26.8 Å². The molecule has 0 radical (unpaired) electrons. The zero-order valence-electron chi connectivity index (χ0n) is 16.1. The first-order valence-electron chi connectivity index (χ1n) is 8.69. The molecule has 156 valence electrons. The molecular formula is C20H18ClFN4O3S. The number of nitrogens with two attached hydrogens (primary N) is 1. The van der Waals surface area contributed by atoms with Gasteiger partial charge in [0.25, 0.3) is 5.91 Å². The van der Waals surface area contributed by atoms with Gasteiger partial charge in [-0.2, -0.15) is 5.10 Å². The van der Waals surface area contributed by atoms with Crippen LogP contribution < -0.4 is 20.6 Å².